The zero-order valence-corrected chi connectivity index (χ0v) is 20.5. The number of nitrogens with one attached hydrogen (secondary N) is 3. The van der Waals surface area contributed by atoms with E-state index < -0.39 is 47.4 Å². The molecule has 0 radical (unpaired) electrons. The lowest BCUT2D eigenvalue weighted by atomic mass is 9.85. The maximum Gasteiger partial charge on any atom is 0.244 e. The summed E-state index contributed by atoms with van der Waals surface area (Å²) >= 11 is 0. The summed E-state index contributed by atoms with van der Waals surface area (Å²) < 4.78 is 0. The third kappa shape index (κ3) is 7.88. The van der Waals surface area contributed by atoms with Gasteiger partial charge in [-0.2, -0.15) is 0 Å². The number of ketones is 1. The summed E-state index contributed by atoms with van der Waals surface area (Å²) in [7, 11) is 0. The van der Waals surface area contributed by atoms with Crippen molar-refractivity contribution in [2.75, 3.05) is 0 Å². The van der Waals surface area contributed by atoms with Crippen LogP contribution in [0, 0.1) is 17.8 Å². The van der Waals surface area contributed by atoms with Gasteiger partial charge in [-0.15, -0.1) is 0 Å². The van der Waals surface area contributed by atoms with Crippen molar-refractivity contribution in [2.45, 2.75) is 46.2 Å². The lowest BCUT2D eigenvalue weighted by molar-refractivity contribution is -0.137. The molecule has 1 aromatic rings. The van der Waals surface area contributed by atoms with E-state index in [2.05, 4.69) is 16.0 Å². The number of allylic oxidation sites excluding steroid dienone is 5. The van der Waals surface area contributed by atoms with Gasteiger partial charge in [-0.3, -0.25) is 29.3 Å². The highest BCUT2D eigenvalue weighted by molar-refractivity contribution is 6.16. The third-order valence-electron chi connectivity index (χ3n) is 5.72. The van der Waals surface area contributed by atoms with Gasteiger partial charge in [0.25, 0.3) is 0 Å². The van der Waals surface area contributed by atoms with Crippen LogP contribution in [-0.2, 0) is 24.0 Å². The van der Waals surface area contributed by atoms with Crippen molar-refractivity contribution in [1.29, 1.82) is 0 Å². The number of hydrogen-bond donors (Lipinski definition) is 3. The van der Waals surface area contributed by atoms with Crippen LogP contribution in [0.4, 0.5) is 0 Å². The second kappa shape index (κ2) is 13.2. The van der Waals surface area contributed by atoms with E-state index in [-0.39, 0.29) is 18.2 Å². The number of hydrogen-bond acceptors (Lipinski definition) is 5. The van der Waals surface area contributed by atoms with E-state index in [9.17, 15) is 24.0 Å². The number of carbonyl (C=O) groups excluding carboxylic acids is 5. The van der Waals surface area contributed by atoms with Crippen LogP contribution in [0.2, 0.25) is 0 Å². The van der Waals surface area contributed by atoms with Gasteiger partial charge >= 0.3 is 0 Å². The lowest BCUT2D eigenvalue weighted by Gasteiger charge is -2.25. The van der Waals surface area contributed by atoms with Crippen LogP contribution in [0.25, 0.3) is 0 Å². The van der Waals surface area contributed by atoms with Gasteiger partial charge in [-0.25, -0.2) is 0 Å². The van der Waals surface area contributed by atoms with Gasteiger partial charge in [0.1, 0.15) is 5.92 Å². The molecule has 186 valence electrons. The molecule has 8 nitrogen and oxygen atoms in total. The largest absolute Gasteiger partial charge is 0.346 e. The van der Waals surface area contributed by atoms with Crippen molar-refractivity contribution >= 4 is 29.4 Å². The van der Waals surface area contributed by atoms with Crippen LogP contribution in [0.3, 0.4) is 0 Å². The van der Waals surface area contributed by atoms with Crippen molar-refractivity contribution < 1.29 is 24.0 Å². The van der Waals surface area contributed by atoms with E-state index in [1.807, 2.05) is 25.1 Å². The fourth-order valence-corrected chi connectivity index (χ4v) is 3.78. The smallest absolute Gasteiger partial charge is 0.244 e. The summed E-state index contributed by atoms with van der Waals surface area (Å²) in [5, 5.41) is 7.72. The normalized spacial score (nSPS) is 19.9. The van der Waals surface area contributed by atoms with E-state index in [4.69, 9.17) is 0 Å². The summed E-state index contributed by atoms with van der Waals surface area (Å²) in [5.41, 5.74) is 0.732. The second-order valence-corrected chi connectivity index (χ2v) is 8.76. The molecule has 1 heterocycles. The van der Waals surface area contributed by atoms with Crippen LogP contribution >= 0.6 is 0 Å². The minimum Gasteiger partial charge on any atom is -0.346 e. The van der Waals surface area contributed by atoms with E-state index in [1.165, 1.54) is 13.0 Å². The Balaban J connectivity index is 2.14. The minimum atomic E-state index is -1.14. The molecule has 0 saturated carbocycles. The van der Waals surface area contributed by atoms with Crippen molar-refractivity contribution in [3.8, 4) is 0 Å². The van der Waals surface area contributed by atoms with Crippen LogP contribution in [0.15, 0.2) is 66.8 Å². The zero-order chi connectivity index (χ0) is 26.0. The lowest BCUT2D eigenvalue weighted by Crippen LogP contribution is -2.49. The Morgan fingerprint density at radius 1 is 0.971 bits per heavy atom. The molecule has 0 spiro atoms. The predicted octanol–water partition coefficient (Wildman–Crippen LogP) is 2.54. The maximum absolute atomic E-state index is 13.1. The molecule has 3 N–H and O–H groups in total. The number of carbonyl (C=O) groups is 5. The highest BCUT2D eigenvalue weighted by Gasteiger charge is 2.46. The summed E-state index contributed by atoms with van der Waals surface area (Å²) in [6.07, 6.45) is 10.0. The van der Waals surface area contributed by atoms with Crippen molar-refractivity contribution in [1.82, 2.24) is 16.0 Å². The van der Waals surface area contributed by atoms with Crippen molar-refractivity contribution in [3.63, 3.8) is 0 Å². The number of benzene rings is 1. The predicted molar refractivity (Wildman–Crippen MR) is 133 cm³/mol. The number of rotatable bonds is 11. The molecule has 4 amide bonds. The van der Waals surface area contributed by atoms with Crippen molar-refractivity contribution in [2.24, 2.45) is 17.8 Å². The monoisotopic (exact) mass is 479 g/mol. The van der Waals surface area contributed by atoms with Crippen LogP contribution < -0.4 is 16.0 Å². The quantitative estimate of drug-likeness (QED) is 0.195. The first-order valence-electron chi connectivity index (χ1n) is 11.6. The van der Waals surface area contributed by atoms with Gasteiger partial charge in [-0.05, 0) is 18.4 Å². The Kier molecular flexibility index (Phi) is 10.3. The molecule has 0 aromatic heterocycles. The summed E-state index contributed by atoms with van der Waals surface area (Å²) in [6, 6.07) is 7.46. The third-order valence-corrected chi connectivity index (χ3v) is 5.72. The standard InChI is InChI=1S/C27H33N3O5/c1-5-6-7-8-12-15-21(31)28-20(19-13-10-9-11-14-19)16-22(32)29-24(17(2)3)25(33)23-18(4)26(34)30-27(23)35/h5-15,17-18,20,23-24H,16H2,1-4H3,(H,28,31)(H,29,32)(H,30,34,35)/b6-5+,8-7+,15-12+/t18-,20?,23+,24?/m0/s1. The average molecular weight is 480 g/mol. The fraction of sp³-hybridized carbons (Fsp3) is 0.370. The molecular formula is C27H33N3O5. The maximum atomic E-state index is 13.1. The van der Waals surface area contributed by atoms with Gasteiger partial charge in [0, 0.05) is 6.08 Å². The number of imide groups is 1. The Hall–Kier alpha value is -3.81. The zero-order valence-electron chi connectivity index (χ0n) is 20.5. The number of Topliss-reactive ketones (excluding diaryl/α,β-unsaturated/α-hetero) is 1. The van der Waals surface area contributed by atoms with Gasteiger partial charge in [0.05, 0.1) is 24.4 Å². The van der Waals surface area contributed by atoms with Gasteiger partial charge < -0.3 is 10.6 Å². The molecule has 1 aromatic carbocycles. The molecule has 4 atom stereocenters. The van der Waals surface area contributed by atoms with E-state index in [1.54, 1.807) is 56.3 Å². The highest BCUT2D eigenvalue weighted by Crippen LogP contribution is 2.24. The molecule has 0 bridgehead atoms. The molecular weight excluding hydrogens is 446 g/mol. The average Bonchev–Trinajstić information content (AvgIpc) is 3.07. The van der Waals surface area contributed by atoms with Crippen LogP contribution in [0.1, 0.15) is 45.7 Å². The molecule has 2 rings (SSSR count). The van der Waals surface area contributed by atoms with Crippen molar-refractivity contribution in [3.05, 3.63) is 72.4 Å². The SMILES string of the molecule is C/C=C/C=C/C=C/C(=O)NC(CC(=O)NC(C(=O)[C@@H]1C(=O)NC(=O)[C@H]1C)C(C)C)c1ccccc1. The summed E-state index contributed by atoms with van der Waals surface area (Å²) in [5.74, 6) is -4.71. The molecule has 1 aliphatic heterocycles. The van der Waals surface area contributed by atoms with E-state index >= 15 is 0 Å². The van der Waals surface area contributed by atoms with E-state index in [0.29, 0.717) is 0 Å². The minimum absolute atomic E-state index is 0.111. The van der Waals surface area contributed by atoms with Crippen LogP contribution in [0.5, 0.6) is 0 Å². The first kappa shape index (κ1) is 27.4. The fourth-order valence-electron chi connectivity index (χ4n) is 3.78. The Bertz CT molecular complexity index is 1030. The molecule has 1 saturated heterocycles. The molecule has 1 fully saturated rings. The summed E-state index contributed by atoms with van der Waals surface area (Å²) in [6.45, 7) is 6.91. The molecule has 2 unspecified atom stereocenters. The van der Waals surface area contributed by atoms with Gasteiger partial charge in [0.15, 0.2) is 5.78 Å². The molecule has 1 aliphatic rings. The molecule has 35 heavy (non-hydrogen) atoms. The first-order chi connectivity index (χ1) is 16.6. The Morgan fingerprint density at radius 3 is 2.20 bits per heavy atom. The molecule has 0 aliphatic carbocycles. The highest BCUT2D eigenvalue weighted by atomic mass is 16.2. The second-order valence-electron chi connectivity index (χ2n) is 8.76. The number of amides is 4. The Morgan fingerprint density at radius 2 is 1.63 bits per heavy atom. The Labute approximate surface area is 205 Å². The topological polar surface area (TPSA) is 121 Å². The van der Waals surface area contributed by atoms with Gasteiger partial charge in [0.2, 0.25) is 23.6 Å². The molecule has 8 heteroatoms. The van der Waals surface area contributed by atoms with Crippen LogP contribution in [-0.4, -0.2) is 35.5 Å². The summed E-state index contributed by atoms with van der Waals surface area (Å²) in [4.78, 5) is 62.5. The first-order valence-corrected chi connectivity index (χ1v) is 11.6. The van der Waals surface area contributed by atoms with Gasteiger partial charge in [-0.1, -0.05) is 81.5 Å². The van der Waals surface area contributed by atoms with E-state index in [0.717, 1.165) is 5.56 Å².